The zero-order chi connectivity index (χ0) is 14.4. The molecule has 0 aliphatic rings. The molecule has 102 valence electrons. The molecule has 0 fully saturated rings. The molecule has 0 bridgehead atoms. The van der Waals surface area contributed by atoms with Gasteiger partial charge in [-0.1, -0.05) is 5.16 Å². The second-order valence-electron chi connectivity index (χ2n) is 4.66. The lowest BCUT2D eigenvalue weighted by Crippen LogP contribution is -2.29. The van der Waals surface area contributed by atoms with Gasteiger partial charge in [0.1, 0.15) is 0 Å². The highest BCUT2D eigenvalue weighted by Crippen LogP contribution is 2.29. The molecule has 0 amide bonds. The van der Waals surface area contributed by atoms with E-state index in [1.807, 2.05) is 13.8 Å². The van der Waals surface area contributed by atoms with E-state index in [0.29, 0.717) is 28.3 Å². The summed E-state index contributed by atoms with van der Waals surface area (Å²) in [5.41, 5.74) is 2.18. The van der Waals surface area contributed by atoms with Crippen LogP contribution in [0.3, 0.4) is 0 Å². The van der Waals surface area contributed by atoms with Gasteiger partial charge in [-0.05, 0) is 31.0 Å². The van der Waals surface area contributed by atoms with Crippen LogP contribution >= 0.6 is 0 Å². The van der Waals surface area contributed by atoms with Gasteiger partial charge < -0.3 is 14.5 Å². The quantitative estimate of drug-likeness (QED) is 0.647. The van der Waals surface area contributed by atoms with Crippen molar-refractivity contribution in [3.63, 3.8) is 0 Å². The smallest absolute Gasteiger partial charge is 0.314 e. The molecule has 3 aromatic rings. The van der Waals surface area contributed by atoms with Crippen molar-refractivity contribution < 1.29 is 4.52 Å². The van der Waals surface area contributed by atoms with E-state index < -0.39 is 11.1 Å². The molecule has 3 rings (SSSR count). The third-order valence-electron chi connectivity index (χ3n) is 3.29. The van der Waals surface area contributed by atoms with Gasteiger partial charge in [0.05, 0.1) is 16.6 Å². The van der Waals surface area contributed by atoms with E-state index in [4.69, 9.17) is 4.52 Å². The van der Waals surface area contributed by atoms with Crippen molar-refractivity contribution in [3.05, 3.63) is 43.8 Å². The van der Waals surface area contributed by atoms with E-state index in [1.165, 1.54) is 0 Å². The highest BCUT2D eigenvalue weighted by Gasteiger charge is 2.16. The number of fused-ring (bicyclic) bond motifs is 1. The lowest BCUT2D eigenvalue weighted by atomic mass is 10.0. The molecular formula is C13H12N4O3. The fraction of sp³-hybridized carbons (Fsp3) is 0.231. The summed E-state index contributed by atoms with van der Waals surface area (Å²) in [5.74, 6) is 0.817. The first-order chi connectivity index (χ1) is 9.47. The van der Waals surface area contributed by atoms with Crippen molar-refractivity contribution in [1.29, 1.82) is 0 Å². The fourth-order valence-corrected chi connectivity index (χ4v) is 2.17. The Balaban J connectivity index is 2.51. The summed E-state index contributed by atoms with van der Waals surface area (Å²) in [5, 5.41) is 3.89. The molecule has 0 unspecified atom stereocenters. The van der Waals surface area contributed by atoms with Crippen LogP contribution in [0.1, 0.15) is 17.0 Å². The van der Waals surface area contributed by atoms with E-state index in [1.54, 1.807) is 13.0 Å². The molecule has 2 N–H and O–H groups in total. The predicted octanol–water partition coefficient (Wildman–Crippen LogP) is 1.19. The molecule has 1 aromatic carbocycles. The summed E-state index contributed by atoms with van der Waals surface area (Å²) in [6, 6.07) is 1.80. The van der Waals surface area contributed by atoms with E-state index >= 15 is 0 Å². The minimum atomic E-state index is -0.706. The van der Waals surface area contributed by atoms with Crippen LogP contribution in [-0.4, -0.2) is 20.1 Å². The highest BCUT2D eigenvalue weighted by atomic mass is 16.5. The maximum absolute atomic E-state index is 11.6. The molecule has 20 heavy (non-hydrogen) atoms. The summed E-state index contributed by atoms with van der Waals surface area (Å²) < 4.78 is 4.99. The molecular weight excluding hydrogens is 260 g/mol. The second-order valence-corrected chi connectivity index (χ2v) is 4.66. The fourth-order valence-electron chi connectivity index (χ4n) is 2.17. The van der Waals surface area contributed by atoms with Crippen molar-refractivity contribution in [2.24, 2.45) is 0 Å². The average Bonchev–Trinajstić information content (AvgIpc) is 2.80. The summed E-state index contributed by atoms with van der Waals surface area (Å²) in [6.45, 7) is 5.50. The highest BCUT2D eigenvalue weighted by molar-refractivity contribution is 5.92. The Morgan fingerprint density at radius 2 is 1.80 bits per heavy atom. The van der Waals surface area contributed by atoms with Crippen LogP contribution in [0.25, 0.3) is 22.4 Å². The first kappa shape index (κ1) is 12.3. The molecule has 0 aliphatic heterocycles. The predicted molar refractivity (Wildman–Crippen MR) is 72.7 cm³/mol. The van der Waals surface area contributed by atoms with Crippen molar-refractivity contribution in [1.82, 2.24) is 20.1 Å². The summed E-state index contributed by atoms with van der Waals surface area (Å²) in [7, 11) is 0. The average molecular weight is 272 g/mol. The molecule has 0 radical (unpaired) electrons. The number of rotatable bonds is 1. The lowest BCUT2D eigenvalue weighted by molar-refractivity contribution is 0.394. The Morgan fingerprint density at radius 1 is 1.10 bits per heavy atom. The van der Waals surface area contributed by atoms with E-state index in [0.717, 1.165) is 11.1 Å². The number of nitrogens with one attached hydrogen (secondary N) is 2. The Morgan fingerprint density at radius 3 is 2.45 bits per heavy atom. The van der Waals surface area contributed by atoms with Gasteiger partial charge in [0, 0.05) is 6.92 Å². The van der Waals surface area contributed by atoms with Gasteiger partial charge in [-0.15, -0.1) is 0 Å². The van der Waals surface area contributed by atoms with Crippen molar-refractivity contribution in [3.8, 4) is 11.4 Å². The molecule has 2 aromatic heterocycles. The Kier molecular flexibility index (Phi) is 2.56. The number of aromatic amines is 2. The minimum Gasteiger partial charge on any atom is -0.339 e. The number of aromatic nitrogens is 4. The van der Waals surface area contributed by atoms with Crippen LogP contribution in [0, 0.1) is 20.8 Å². The van der Waals surface area contributed by atoms with Crippen LogP contribution in [0.4, 0.5) is 0 Å². The van der Waals surface area contributed by atoms with Crippen LogP contribution in [-0.2, 0) is 0 Å². The third kappa shape index (κ3) is 1.75. The van der Waals surface area contributed by atoms with Gasteiger partial charge in [-0.3, -0.25) is 9.59 Å². The van der Waals surface area contributed by atoms with E-state index in [2.05, 4.69) is 20.1 Å². The first-order valence-electron chi connectivity index (χ1n) is 6.04. The van der Waals surface area contributed by atoms with Gasteiger partial charge >= 0.3 is 11.1 Å². The SMILES string of the molecule is Cc1nc(-c2c(C)c(C)cc3[nH]c(=O)c(=O)[nH]c23)no1. The molecule has 0 aliphatic carbocycles. The molecule has 0 atom stereocenters. The summed E-state index contributed by atoms with van der Waals surface area (Å²) >= 11 is 0. The minimum absolute atomic E-state index is 0.386. The molecule has 0 saturated heterocycles. The van der Waals surface area contributed by atoms with Gasteiger partial charge in [0.2, 0.25) is 11.7 Å². The normalized spacial score (nSPS) is 11.2. The number of hydrogen-bond donors (Lipinski definition) is 2. The lowest BCUT2D eigenvalue weighted by Gasteiger charge is -2.09. The summed E-state index contributed by atoms with van der Waals surface area (Å²) in [6.07, 6.45) is 0. The van der Waals surface area contributed by atoms with Crippen LogP contribution in [0.2, 0.25) is 0 Å². The number of H-pyrrole nitrogens is 2. The van der Waals surface area contributed by atoms with Crippen molar-refractivity contribution in [2.45, 2.75) is 20.8 Å². The molecule has 7 nitrogen and oxygen atoms in total. The zero-order valence-electron chi connectivity index (χ0n) is 11.2. The maximum Gasteiger partial charge on any atom is 0.314 e. The second kappa shape index (κ2) is 4.16. The molecule has 0 saturated carbocycles. The van der Waals surface area contributed by atoms with Gasteiger partial charge in [-0.2, -0.15) is 4.98 Å². The van der Waals surface area contributed by atoms with Crippen LogP contribution < -0.4 is 11.1 Å². The number of aryl methyl sites for hydroxylation is 2. The standard InChI is InChI=1S/C13H12N4O3/c1-5-4-8-10(16-13(19)12(18)15-8)9(6(5)2)11-14-7(3)20-17-11/h4H,1-3H3,(H,15,18)(H,16,19). The first-order valence-corrected chi connectivity index (χ1v) is 6.04. The Bertz CT molecular complexity index is 933. The Labute approximate surface area is 112 Å². The van der Waals surface area contributed by atoms with E-state index in [-0.39, 0.29) is 0 Å². The monoisotopic (exact) mass is 272 g/mol. The Hall–Kier alpha value is -2.70. The zero-order valence-corrected chi connectivity index (χ0v) is 11.2. The van der Waals surface area contributed by atoms with Crippen molar-refractivity contribution >= 4 is 11.0 Å². The topological polar surface area (TPSA) is 105 Å². The summed E-state index contributed by atoms with van der Waals surface area (Å²) in [4.78, 5) is 32.3. The largest absolute Gasteiger partial charge is 0.339 e. The number of benzene rings is 1. The third-order valence-corrected chi connectivity index (χ3v) is 3.29. The van der Waals surface area contributed by atoms with Crippen molar-refractivity contribution in [2.75, 3.05) is 0 Å². The number of hydrogen-bond acceptors (Lipinski definition) is 5. The van der Waals surface area contributed by atoms with E-state index in [9.17, 15) is 9.59 Å². The number of nitrogens with zero attached hydrogens (tertiary/aromatic N) is 2. The molecule has 2 heterocycles. The molecule has 0 spiro atoms. The van der Waals surface area contributed by atoms with Gasteiger partial charge in [-0.25, -0.2) is 0 Å². The van der Waals surface area contributed by atoms with Gasteiger partial charge in [0.15, 0.2) is 0 Å². The van der Waals surface area contributed by atoms with Crippen LogP contribution in [0.15, 0.2) is 20.2 Å². The molecule has 7 heteroatoms. The maximum atomic E-state index is 11.6. The van der Waals surface area contributed by atoms with Gasteiger partial charge in [0.25, 0.3) is 0 Å². The van der Waals surface area contributed by atoms with Crippen LogP contribution in [0.5, 0.6) is 0 Å².